The molecule has 1 amide bonds. The average molecular weight is 278 g/mol. The van der Waals surface area contributed by atoms with E-state index >= 15 is 0 Å². The lowest BCUT2D eigenvalue weighted by molar-refractivity contribution is -0.134. The molecule has 0 aromatic heterocycles. The summed E-state index contributed by atoms with van der Waals surface area (Å²) in [6.45, 7) is 8.81. The Hall–Kier alpha value is -0.570. The maximum absolute atomic E-state index is 12.8. The third kappa shape index (κ3) is 2.18. The van der Waals surface area contributed by atoms with Crippen molar-refractivity contribution in [2.75, 3.05) is 0 Å². The first-order chi connectivity index (χ1) is 9.52. The number of hydrogen-bond acceptors (Lipinski definition) is 2. The molecule has 3 fully saturated rings. The molecule has 3 heteroatoms. The standard InChI is InChI=1S/C17H30N2O/c1-5-10(2)16-17(20)19(12(4)18-16)11(3)15-9-13-6-7-14(15)8-13/h10-16,18H,5-9H2,1-4H3. The molecule has 0 radical (unpaired) electrons. The summed E-state index contributed by atoms with van der Waals surface area (Å²) in [5.41, 5.74) is 0. The Kier molecular flexibility index (Phi) is 3.83. The van der Waals surface area contributed by atoms with Gasteiger partial charge in [0.1, 0.15) is 0 Å². The van der Waals surface area contributed by atoms with Crippen LogP contribution in [0.3, 0.4) is 0 Å². The van der Waals surface area contributed by atoms with E-state index in [4.69, 9.17) is 0 Å². The van der Waals surface area contributed by atoms with Crippen LogP contribution >= 0.6 is 0 Å². The van der Waals surface area contributed by atoms with Gasteiger partial charge in [0, 0.05) is 6.04 Å². The van der Waals surface area contributed by atoms with E-state index in [0.29, 0.717) is 17.9 Å². The van der Waals surface area contributed by atoms with Crippen LogP contribution in [0, 0.1) is 23.7 Å². The zero-order valence-electron chi connectivity index (χ0n) is 13.4. The Morgan fingerprint density at radius 2 is 2.05 bits per heavy atom. The van der Waals surface area contributed by atoms with Gasteiger partial charge < -0.3 is 4.90 Å². The molecule has 3 aliphatic rings. The Balaban J connectivity index is 1.71. The smallest absolute Gasteiger partial charge is 0.241 e. The van der Waals surface area contributed by atoms with Crippen LogP contribution in [0.25, 0.3) is 0 Å². The summed E-state index contributed by atoms with van der Waals surface area (Å²) < 4.78 is 0. The summed E-state index contributed by atoms with van der Waals surface area (Å²) in [5.74, 6) is 3.37. The highest BCUT2D eigenvalue weighted by molar-refractivity contribution is 5.84. The molecule has 1 heterocycles. The monoisotopic (exact) mass is 278 g/mol. The van der Waals surface area contributed by atoms with Crippen molar-refractivity contribution in [3.63, 3.8) is 0 Å². The van der Waals surface area contributed by atoms with Crippen molar-refractivity contribution in [2.24, 2.45) is 23.7 Å². The van der Waals surface area contributed by atoms with E-state index in [0.717, 1.165) is 24.2 Å². The summed E-state index contributed by atoms with van der Waals surface area (Å²) in [6, 6.07) is 0.449. The van der Waals surface area contributed by atoms with Gasteiger partial charge in [0.2, 0.25) is 5.91 Å². The number of hydrogen-bond donors (Lipinski definition) is 1. The molecule has 3 rings (SSSR count). The minimum atomic E-state index is 0.0380. The zero-order valence-corrected chi connectivity index (χ0v) is 13.4. The van der Waals surface area contributed by atoms with Gasteiger partial charge in [-0.1, -0.05) is 26.7 Å². The number of nitrogens with one attached hydrogen (secondary N) is 1. The molecule has 1 aliphatic heterocycles. The molecule has 2 aliphatic carbocycles. The van der Waals surface area contributed by atoms with Crippen LogP contribution < -0.4 is 5.32 Å². The number of carbonyl (C=O) groups is 1. The van der Waals surface area contributed by atoms with Crippen LogP contribution in [0.4, 0.5) is 0 Å². The van der Waals surface area contributed by atoms with Gasteiger partial charge in [0.05, 0.1) is 12.2 Å². The quantitative estimate of drug-likeness (QED) is 0.857. The molecular weight excluding hydrogens is 248 g/mol. The summed E-state index contributed by atoms with van der Waals surface area (Å²) in [7, 11) is 0. The summed E-state index contributed by atoms with van der Waals surface area (Å²) >= 11 is 0. The topological polar surface area (TPSA) is 32.3 Å². The Labute approximate surface area is 123 Å². The first-order valence-corrected chi connectivity index (χ1v) is 8.61. The number of rotatable bonds is 4. The van der Waals surface area contributed by atoms with E-state index in [1.54, 1.807) is 0 Å². The maximum atomic E-state index is 12.8. The highest BCUT2D eigenvalue weighted by Gasteiger charge is 2.48. The van der Waals surface area contributed by atoms with E-state index in [1.807, 2.05) is 0 Å². The van der Waals surface area contributed by atoms with Gasteiger partial charge in [-0.3, -0.25) is 10.1 Å². The van der Waals surface area contributed by atoms with Crippen LogP contribution in [0.15, 0.2) is 0 Å². The first-order valence-electron chi connectivity index (χ1n) is 8.61. The highest BCUT2D eigenvalue weighted by atomic mass is 16.2. The fraction of sp³-hybridized carbons (Fsp3) is 0.941. The van der Waals surface area contributed by atoms with Gasteiger partial charge in [0.15, 0.2) is 0 Å². The van der Waals surface area contributed by atoms with Crippen molar-refractivity contribution in [3.05, 3.63) is 0 Å². The largest absolute Gasteiger partial charge is 0.323 e. The maximum Gasteiger partial charge on any atom is 0.241 e. The molecule has 114 valence electrons. The minimum Gasteiger partial charge on any atom is -0.323 e. The molecular formula is C17H30N2O. The van der Waals surface area contributed by atoms with Crippen molar-refractivity contribution >= 4 is 5.91 Å². The second-order valence-electron chi connectivity index (χ2n) is 7.53. The Morgan fingerprint density at radius 3 is 2.60 bits per heavy atom. The Bertz CT molecular complexity index is 383. The predicted octanol–water partition coefficient (Wildman–Crippen LogP) is 3.00. The van der Waals surface area contributed by atoms with E-state index in [2.05, 4.69) is 37.9 Å². The average Bonchev–Trinajstić information content (AvgIpc) is 3.12. The Morgan fingerprint density at radius 1 is 1.30 bits per heavy atom. The van der Waals surface area contributed by atoms with Crippen molar-refractivity contribution < 1.29 is 4.79 Å². The van der Waals surface area contributed by atoms with Crippen molar-refractivity contribution in [1.82, 2.24) is 10.2 Å². The molecule has 1 saturated heterocycles. The van der Waals surface area contributed by atoms with E-state index < -0.39 is 0 Å². The van der Waals surface area contributed by atoms with Gasteiger partial charge in [-0.15, -0.1) is 0 Å². The second-order valence-corrected chi connectivity index (χ2v) is 7.53. The molecule has 2 saturated carbocycles. The zero-order chi connectivity index (χ0) is 14.4. The van der Waals surface area contributed by atoms with Gasteiger partial charge in [-0.05, 0) is 56.8 Å². The lowest BCUT2D eigenvalue weighted by Crippen LogP contribution is -2.46. The van der Waals surface area contributed by atoms with Gasteiger partial charge in [0.25, 0.3) is 0 Å². The SMILES string of the molecule is CCC(C)C1NC(C)N(C(C)C2CC3CCC2C3)C1=O. The molecule has 7 unspecified atom stereocenters. The molecule has 2 bridgehead atoms. The molecule has 7 atom stereocenters. The van der Waals surface area contributed by atoms with Crippen LogP contribution in [-0.4, -0.2) is 29.1 Å². The molecule has 1 N–H and O–H groups in total. The number of fused-ring (bicyclic) bond motifs is 2. The third-order valence-corrected chi connectivity index (χ3v) is 6.42. The summed E-state index contributed by atoms with van der Waals surface area (Å²) in [6.07, 6.45) is 6.88. The highest BCUT2D eigenvalue weighted by Crippen LogP contribution is 2.50. The molecule has 0 aromatic carbocycles. The van der Waals surface area contributed by atoms with Gasteiger partial charge in [-0.2, -0.15) is 0 Å². The fourth-order valence-corrected chi connectivity index (χ4v) is 5.05. The molecule has 0 spiro atoms. The predicted molar refractivity (Wildman–Crippen MR) is 81.1 cm³/mol. The van der Waals surface area contributed by atoms with Crippen LogP contribution in [-0.2, 0) is 4.79 Å². The van der Waals surface area contributed by atoms with Crippen molar-refractivity contribution in [3.8, 4) is 0 Å². The minimum absolute atomic E-state index is 0.0380. The lowest BCUT2D eigenvalue weighted by atomic mass is 9.83. The third-order valence-electron chi connectivity index (χ3n) is 6.42. The van der Waals surface area contributed by atoms with E-state index in [-0.39, 0.29) is 12.2 Å². The van der Waals surface area contributed by atoms with Gasteiger partial charge in [-0.25, -0.2) is 0 Å². The molecule has 0 aromatic rings. The van der Waals surface area contributed by atoms with E-state index in [9.17, 15) is 4.79 Å². The lowest BCUT2D eigenvalue weighted by Gasteiger charge is -2.36. The number of nitrogens with zero attached hydrogens (tertiary/aromatic N) is 1. The van der Waals surface area contributed by atoms with Crippen LogP contribution in [0.2, 0.25) is 0 Å². The van der Waals surface area contributed by atoms with Crippen molar-refractivity contribution in [2.45, 2.75) is 78.0 Å². The number of amides is 1. The van der Waals surface area contributed by atoms with E-state index in [1.165, 1.54) is 25.7 Å². The summed E-state index contributed by atoms with van der Waals surface area (Å²) in [4.78, 5) is 15.0. The first kappa shape index (κ1) is 14.4. The van der Waals surface area contributed by atoms with Crippen molar-refractivity contribution in [1.29, 1.82) is 0 Å². The molecule has 20 heavy (non-hydrogen) atoms. The number of carbonyl (C=O) groups excluding carboxylic acids is 1. The second kappa shape index (κ2) is 5.32. The van der Waals surface area contributed by atoms with Gasteiger partial charge >= 0.3 is 0 Å². The normalized spacial score (nSPS) is 43.3. The molecule has 3 nitrogen and oxygen atoms in total. The summed E-state index contributed by atoms with van der Waals surface area (Å²) in [5, 5.41) is 3.53. The van der Waals surface area contributed by atoms with Crippen LogP contribution in [0.1, 0.15) is 59.8 Å². The van der Waals surface area contributed by atoms with Crippen LogP contribution in [0.5, 0.6) is 0 Å². The fourth-order valence-electron chi connectivity index (χ4n) is 5.05.